The zero-order valence-electron chi connectivity index (χ0n) is 10.3. The number of ether oxygens (including phenoxy) is 2. The lowest BCUT2D eigenvalue weighted by atomic mass is 10.3. The molecule has 0 atom stereocenters. The monoisotopic (exact) mass is 258 g/mol. The molecule has 0 aliphatic rings. The Morgan fingerprint density at radius 3 is 2.83 bits per heavy atom. The molecular formula is C10H18N4O4. The van der Waals surface area contributed by atoms with E-state index >= 15 is 0 Å². The molecule has 102 valence electrons. The van der Waals surface area contributed by atoms with Crippen molar-refractivity contribution in [2.45, 2.75) is 19.5 Å². The summed E-state index contributed by atoms with van der Waals surface area (Å²) in [5.41, 5.74) is 5.84. The van der Waals surface area contributed by atoms with Crippen molar-refractivity contribution in [2.24, 2.45) is 5.73 Å². The van der Waals surface area contributed by atoms with Crippen LogP contribution in [0.5, 0.6) is 0 Å². The molecule has 0 unspecified atom stereocenters. The predicted octanol–water partition coefficient (Wildman–Crippen LogP) is -0.512. The molecule has 1 aromatic heterocycles. The van der Waals surface area contributed by atoms with Crippen LogP contribution in [0.25, 0.3) is 0 Å². The van der Waals surface area contributed by atoms with E-state index in [0.29, 0.717) is 38.5 Å². The van der Waals surface area contributed by atoms with Crippen molar-refractivity contribution in [3.05, 3.63) is 11.4 Å². The van der Waals surface area contributed by atoms with Gasteiger partial charge in [0, 0.05) is 26.8 Å². The van der Waals surface area contributed by atoms with E-state index in [1.54, 1.807) is 7.11 Å². The molecule has 0 saturated carbocycles. The molecule has 18 heavy (non-hydrogen) atoms. The van der Waals surface area contributed by atoms with Crippen LogP contribution in [0.2, 0.25) is 0 Å². The van der Waals surface area contributed by atoms with E-state index in [2.05, 4.69) is 10.3 Å². The van der Waals surface area contributed by atoms with Crippen LogP contribution in [0.3, 0.4) is 0 Å². The second kappa shape index (κ2) is 7.75. The lowest BCUT2D eigenvalue weighted by molar-refractivity contribution is 0.0675. The Morgan fingerprint density at radius 1 is 1.44 bits per heavy atom. The minimum atomic E-state index is -1.11. The SMILES string of the molecule is COCCOCCCn1nnc(C(=O)O)c1CN. The highest BCUT2D eigenvalue weighted by Gasteiger charge is 2.17. The molecule has 0 saturated heterocycles. The quantitative estimate of drug-likeness (QED) is 0.573. The molecule has 8 heteroatoms. The van der Waals surface area contributed by atoms with Gasteiger partial charge in [-0.25, -0.2) is 9.48 Å². The number of nitrogens with zero attached hydrogens (tertiary/aromatic N) is 3. The second-order valence-electron chi connectivity index (χ2n) is 3.58. The summed E-state index contributed by atoms with van der Waals surface area (Å²) in [5, 5.41) is 16.2. The standard InChI is InChI=1S/C10H18N4O4/c1-17-5-6-18-4-2-3-14-8(7-11)9(10(15)16)12-13-14/h2-7,11H2,1H3,(H,15,16). The third-order valence-electron chi connectivity index (χ3n) is 2.32. The van der Waals surface area contributed by atoms with Crippen molar-refractivity contribution >= 4 is 5.97 Å². The van der Waals surface area contributed by atoms with Crippen LogP contribution in [0.15, 0.2) is 0 Å². The summed E-state index contributed by atoms with van der Waals surface area (Å²) < 4.78 is 11.6. The molecule has 0 fully saturated rings. The van der Waals surface area contributed by atoms with Crippen LogP contribution in [0, 0.1) is 0 Å². The Bertz CT molecular complexity index is 380. The van der Waals surface area contributed by atoms with Crippen molar-refractivity contribution in [2.75, 3.05) is 26.9 Å². The van der Waals surface area contributed by atoms with Crippen LogP contribution in [-0.4, -0.2) is 53.0 Å². The van der Waals surface area contributed by atoms with E-state index in [9.17, 15) is 4.79 Å². The summed E-state index contributed by atoms with van der Waals surface area (Å²) in [6, 6.07) is 0. The van der Waals surface area contributed by atoms with Crippen LogP contribution in [0.4, 0.5) is 0 Å². The smallest absolute Gasteiger partial charge is 0.358 e. The predicted molar refractivity (Wildman–Crippen MR) is 62.2 cm³/mol. The topological polar surface area (TPSA) is 112 Å². The summed E-state index contributed by atoms with van der Waals surface area (Å²) in [6.45, 7) is 2.27. The van der Waals surface area contributed by atoms with Crippen LogP contribution < -0.4 is 5.73 Å². The number of carboxylic acids is 1. The second-order valence-corrected chi connectivity index (χ2v) is 3.58. The Kier molecular flexibility index (Phi) is 6.26. The first kappa shape index (κ1) is 14.6. The molecule has 0 bridgehead atoms. The highest BCUT2D eigenvalue weighted by molar-refractivity contribution is 5.86. The van der Waals surface area contributed by atoms with Gasteiger partial charge in [-0.3, -0.25) is 0 Å². The van der Waals surface area contributed by atoms with Gasteiger partial charge in [-0.1, -0.05) is 5.21 Å². The number of aryl methyl sites for hydroxylation is 1. The molecule has 0 radical (unpaired) electrons. The van der Waals surface area contributed by atoms with Gasteiger partial charge in [0.1, 0.15) is 0 Å². The third-order valence-corrected chi connectivity index (χ3v) is 2.32. The van der Waals surface area contributed by atoms with Crippen molar-refractivity contribution in [3.8, 4) is 0 Å². The van der Waals surface area contributed by atoms with E-state index < -0.39 is 5.97 Å². The minimum absolute atomic E-state index is 0.0854. The largest absolute Gasteiger partial charge is 0.476 e. The van der Waals surface area contributed by atoms with Gasteiger partial charge in [0.15, 0.2) is 5.69 Å². The fourth-order valence-corrected chi connectivity index (χ4v) is 1.44. The molecule has 8 nitrogen and oxygen atoms in total. The Labute approximate surface area is 105 Å². The zero-order chi connectivity index (χ0) is 13.4. The normalized spacial score (nSPS) is 10.8. The van der Waals surface area contributed by atoms with Crippen molar-refractivity contribution < 1.29 is 19.4 Å². The maximum Gasteiger partial charge on any atom is 0.358 e. The number of rotatable bonds is 9. The van der Waals surface area contributed by atoms with Gasteiger partial charge < -0.3 is 20.3 Å². The zero-order valence-corrected chi connectivity index (χ0v) is 10.3. The van der Waals surface area contributed by atoms with Gasteiger partial charge in [0.25, 0.3) is 0 Å². The van der Waals surface area contributed by atoms with Crippen LogP contribution in [0.1, 0.15) is 22.6 Å². The molecular weight excluding hydrogens is 240 g/mol. The number of aromatic carboxylic acids is 1. The lowest BCUT2D eigenvalue weighted by Gasteiger charge is -2.06. The average molecular weight is 258 g/mol. The first-order valence-corrected chi connectivity index (χ1v) is 5.63. The molecule has 0 spiro atoms. The average Bonchev–Trinajstić information content (AvgIpc) is 2.76. The van der Waals surface area contributed by atoms with Gasteiger partial charge in [-0.05, 0) is 6.42 Å². The summed E-state index contributed by atoms with van der Waals surface area (Å²) in [7, 11) is 1.61. The highest BCUT2D eigenvalue weighted by atomic mass is 16.5. The summed E-state index contributed by atoms with van der Waals surface area (Å²) in [4.78, 5) is 10.8. The molecule has 0 aromatic carbocycles. The molecule has 1 rings (SSSR count). The van der Waals surface area contributed by atoms with Crippen molar-refractivity contribution in [1.82, 2.24) is 15.0 Å². The van der Waals surface area contributed by atoms with E-state index in [1.165, 1.54) is 4.68 Å². The van der Waals surface area contributed by atoms with Crippen molar-refractivity contribution in [3.63, 3.8) is 0 Å². The maximum absolute atomic E-state index is 10.8. The molecule has 3 N–H and O–H groups in total. The van der Waals surface area contributed by atoms with Gasteiger partial charge in [-0.2, -0.15) is 0 Å². The number of hydrogen-bond acceptors (Lipinski definition) is 6. The molecule has 0 amide bonds. The van der Waals surface area contributed by atoms with Crippen LogP contribution in [-0.2, 0) is 22.6 Å². The number of aromatic nitrogens is 3. The maximum atomic E-state index is 10.8. The molecule has 1 aromatic rings. The van der Waals surface area contributed by atoms with E-state index in [-0.39, 0.29) is 12.2 Å². The van der Waals surface area contributed by atoms with E-state index in [4.69, 9.17) is 20.3 Å². The summed E-state index contributed by atoms with van der Waals surface area (Å²) in [5.74, 6) is -1.11. The fourth-order valence-electron chi connectivity index (χ4n) is 1.44. The first-order chi connectivity index (χ1) is 8.70. The Morgan fingerprint density at radius 2 is 2.22 bits per heavy atom. The number of carboxylic acid groups (broad SMARTS) is 1. The third kappa shape index (κ3) is 4.06. The van der Waals surface area contributed by atoms with Crippen molar-refractivity contribution in [1.29, 1.82) is 0 Å². The van der Waals surface area contributed by atoms with Gasteiger partial charge in [0.05, 0.1) is 18.9 Å². The van der Waals surface area contributed by atoms with Gasteiger partial charge >= 0.3 is 5.97 Å². The van der Waals surface area contributed by atoms with E-state index in [1.807, 2.05) is 0 Å². The number of nitrogens with two attached hydrogens (primary N) is 1. The summed E-state index contributed by atoms with van der Waals surface area (Å²) >= 11 is 0. The molecule has 1 heterocycles. The van der Waals surface area contributed by atoms with Crippen LogP contribution >= 0.6 is 0 Å². The molecule has 0 aliphatic carbocycles. The lowest BCUT2D eigenvalue weighted by Crippen LogP contribution is -2.14. The number of methoxy groups -OCH3 is 1. The number of carbonyl (C=O) groups is 1. The van der Waals surface area contributed by atoms with Gasteiger partial charge in [-0.15, -0.1) is 5.10 Å². The molecule has 0 aliphatic heterocycles. The highest BCUT2D eigenvalue weighted by Crippen LogP contribution is 2.05. The number of hydrogen-bond donors (Lipinski definition) is 2. The Hall–Kier alpha value is -1.51. The fraction of sp³-hybridized carbons (Fsp3) is 0.700. The van der Waals surface area contributed by atoms with E-state index in [0.717, 1.165) is 0 Å². The minimum Gasteiger partial charge on any atom is -0.476 e. The Balaban J connectivity index is 2.40. The first-order valence-electron chi connectivity index (χ1n) is 5.63. The van der Waals surface area contributed by atoms with Gasteiger partial charge in [0.2, 0.25) is 0 Å². The summed E-state index contributed by atoms with van der Waals surface area (Å²) in [6.07, 6.45) is 0.707.